The maximum atomic E-state index is 12.5. The summed E-state index contributed by atoms with van der Waals surface area (Å²) in [6, 6.07) is 15.3. The smallest absolute Gasteiger partial charge is 0.243 e. The first kappa shape index (κ1) is 30.5. The van der Waals surface area contributed by atoms with Crippen molar-refractivity contribution in [2.45, 2.75) is 70.1 Å². The standard InChI is InChI=1S/C30H41N3O6/c1-3-17-33(2)20-26-19-27(23-15-13-22(21-34)14-16-23)39-30(38-26)24-9-8-10-25(18-24)31-28(35)11-6-4-5-7-12-29(36)32-37/h3,8-10,13-16,18,26-27,30,34,37H,1,4-7,11-12,17,19-21H2,2H3,(H,31,35)(H,32,36). The van der Waals surface area contributed by atoms with Gasteiger partial charge in [-0.15, -0.1) is 6.58 Å². The lowest BCUT2D eigenvalue weighted by Crippen LogP contribution is -2.37. The number of amides is 2. The van der Waals surface area contributed by atoms with Crippen LogP contribution in [0.3, 0.4) is 0 Å². The minimum atomic E-state index is -0.601. The van der Waals surface area contributed by atoms with Crippen molar-refractivity contribution in [3.05, 3.63) is 77.9 Å². The van der Waals surface area contributed by atoms with E-state index in [4.69, 9.17) is 14.7 Å². The third kappa shape index (κ3) is 10.2. The van der Waals surface area contributed by atoms with Gasteiger partial charge < -0.3 is 24.8 Å². The Hall–Kier alpha value is -3.08. The van der Waals surface area contributed by atoms with Gasteiger partial charge in [0, 0.05) is 43.6 Å². The van der Waals surface area contributed by atoms with Crippen molar-refractivity contribution < 1.29 is 29.4 Å². The number of hydroxylamine groups is 1. The molecule has 2 amide bonds. The topological polar surface area (TPSA) is 120 Å². The number of nitrogens with one attached hydrogen (secondary N) is 2. The highest BCUT2D eigenvalue weighted by Gasteiger charge is 2.32. The lowest BCUT2D eigenvalue weighted by molar-refractivity contribution is -0.252. The number of anilines is 1. The first-order chi connectivity index (χ1) is 18.9. The van der Waals surface area contributed by atoms with Crippen LogP contribution in [0.25, 0.3) is 0 Å². The minimum absolute atomic E-state index is 0.00558. The molecule has 1 fully saturated rings. The molecule has 4 N–H and O–H groups in total. The average molecular weight is 540 g/mol. The van der Waals surface area contributed by atoms with Crippen LogP contribution in [0.4, 0.5) is 5.69 Å². The van der Waals surface area contributed by atoms with Gasteiger partial charge in [-0.2, -0.15) is 0 Å². The molecule has 39 heavy (non-hydrogen) atoms. The number of unbranched alkanes of at least 4 members (excludes halogenated alkanes) is 3. The number of rotatable bonds is 15. The largest absolute Gasteiger partial charge is 0.392 e. The van der Waals surface area contributed by atoms with E-state index in [-0.39, 0.29) is 37.0 Å². The number of hydrogen-bond acceptors (Lipinski definition) is 7. The predicted molar refractivity (Wildman–Crippen MR) is 149 cm³/mol. The third-order valence-electron chi connectivity index (χ3n) is 6.70. The molecule has 0 bridgehead atoms. The summed E-state index contributed by atoms with van der Waals surface area (Å²) in [5.74, 6) is -0.462. The van der Waals surface area contributed by atoms with Crippen LogP contribution >= 0.6 is 0 Å². The molecule has 0 radical (unpaired) electrons. The summed E-state index contributed by atoms with van der Waals surface area (Å²) in [6.07, 6.45) is 5.41. The quantitative estimate of drug-likeness (QED) is 0.113. The van der Waals surface area contributed by atoms with Crippen LogP contribution < -0.4 is 10.8 Å². The van der Waals surface area contributed by atoms with Crippen molar-refractivity contribution in [2.24, 2.45) is 0 Å². The maximum Gasteiger partial charge on any atom is 0.243 e. The van der Waals surface area contributed by atoms with E-state index in [0.717, 1.165) is 49.0 Å². The van der Waals surface area contributed by atoms with Crippen molar-refractivity contribution in [3.8, 4) is 0 Å². The Morgan fingerprint density at radius 3 is 2.41 bits per heavy atom. The van der Waals surface area contributed by atoms with Crippen LogP contribution in [0.5, 0.6) is 0 Å². The molecule has 0 saturated carbocycles. The molecular formula is C30H41N3O6. The molecule has 1 aliphatic rings. The normalized spacial score (nSPS) is 19.0. The molecule has 1 saturated heterocycles. The number of aliphatic hydroxyl groups excluding tert-OH is 1. The fraction of sp³-hybridized carbons (Fsp3) is 0.467. The molecule has 2 aromatic carbocycles. The van der Waals surface area contributed by atoms with Crippen molar-refractivity contribution in [3.63, 3.8) is 0 Å². The zero-order chi connectivity index (χ0) is 28.0. The summed E-state index contributed by atoms with van der Waals surface area (Å²) in [5.41, 5.74) is 5.00. The lowest BCUT2D eigenvalue weighted by atomic mass is 9.99. The summed E-state index contributed by atoms with van der Waals surface area (Å²) in [4.78, 5) is 25.7. The fourth-order valence-corrected chi connectivity index (χ4v) is 4.64. The number of hydrogen-bond donors (Lipinski definition) is 4. The van der Waals surface area contributed by atoms with Gasteiger partial charge in [0.1, 0.15) is 0 Å². The Morgan fingerprint density at radius 2 is 1.74 bits per heavy atom. The van der Waals surface area contributed by atoms with Gasteiger partial charge in [-0.25, -0.2) is 5.48 Å². The maximum absolute atomic E-state index is 12.5. The summed E-state index contributed by atoms with van der Waals surface area (Å²) < 4.78 is 12.8. The highest BCUT2D eigenvalue weighted by atomic mass is 16.7. The second kappa shape index (κ2) is 16.1. The second-order valence-electron chi connectivity index (χ2n) is 9.98. The van der Waals surface area contributed by atoms with E-state index < -0.39 is 6.29 Å². The number of carbonyl (C=O) groups excluding carboxylic acids is 2. The van der Waals surface area contributed by atoms with Gasteiger partial charge in [-0.05, 0) is 43.1 Å². The zero-order valence-corrected chi connectivity index (χ0v) is 22.7. The molecule has 1 aliphatic heterocycles. The van der Waals surface area contributed by atoms with Crippen LogP contribution in [0.1, 0.15) is 74.0 Å². The van der Waals surface area contributed by atoms with Crippen LogP contribution in [0.2, 0.25) is 0 Å². The van der Waals surface area contributed by atoms with Crippen molar-refractivity contribution in [1.29, 1.82) is 0 Å². The predicted octanol–water partition coefficient (Wildman–Crippen LogP) is 4.63. The van der Waals surface area contributed by atoms with Gasteiger partial charge in [0.15, 0.2) is 6.29 Å². The van der Waals surface area contributed by atoms with Gasteiger partial charge >= 0.3 is 0 Å². The van der Waals surface area contributed by atoms with Gasteiger partial charge in [0.2, 0.25) is 11.8 Å². The Labute approximate surface area is 230 Å². The van der Waals surface area contributed by atoms with E-state index in [1.807, 2.05) is 61.7 Å². The Balaban J connectivity index is 1.61. The number of carbonyl (C=O) groups is 2. The summed E-state index contributed by atoms with van der Waals surface area (Å²) in [7, 11) is 2.03. The molecular weight excluding hydrogens is 498 g/mol. The number of likely N-dealkylation sites (N-methyl/N-ethyl adjacent to an activating group) is 1. The average Bonchev–Trinajstić information content (AvgIpc) is 2.94. The summed E-state index contributed by atoms with van der Waals surface area (Å²) in [6.45, 7) is 5.29. The highest BCUT2D eigenvalue weighted by molar-refractivity contribution is 5.90. The SMILES string of the molecule is C=CCN(C)CC1CC(c2ccc(CO)cc2)OC(c2cccc(NC(=O)CCCCCCC(=O)NO)c2)O1. The van der Waals surface area contributed by atoms with Gasteiger partial charge in [-0.1, -0.05) is 55.3 Å². The molecule has 0 spiro atoms. The van der Waals surface area contributed by atoms with E-state index >= 15 is 0 Å². The van der Waals surface area contributed by atoms with Crippen molar-refractivity contribution in [1.82, 2.24) is 10.4 Å². The van der Waals surface area contributed by atoms with Crippen LogP contribution in [-0.2, 0) is 25.7 Å². The molecule has 212 valence electrons. The Kier molecular flexibility index (Phi) is 12.6. The number of nitrogens with zero attached hydrogens (tertiary/aromatic N) is 1. The minimum Gasteiger partial charge on any atom is -0.392 e. The number of aliphatic hydroxyl groups is 1. The van der Waals surface area contributed by atoms with E-state index in [2.05, 4.69) is 16.8 Å². The van der Waals surface area contributed by atoms with Crippen LogP contribution in [0.15, 0.2) is 61.2 Å². The number of ether oxygens (including phenoxy) is 2. The van der Waals surface area contributed by atoms with Gasteiger partial charge in [-0.3, -0.25) is 14.8 Å². The van der Waals surface area contributed by atoms with Crippen molar-refractivity contribution in [2.75, 3.05) is 25.5 Å². The molecule has 3 atom stereocenters. The molecule has 9 nitrogen and oxygen atoms in total. The van der Waals surface area contributed by atoms with E-state index in [0.29, 0.717) is 24.9 Å². The Morgan fingerprint density at radius 1 is 1.03 bits per heavy atom. The molecule has 3 rings (SSSR count). The first-order valence-corrected chi connectivity index (χ1v) is 13.5. The monoisotopic (exact) mass is 539 g/mol. The molecule has 3 unspecified atom stereocenters. The summed E-state index contributed by atoms with van der Waals surface area (Å²) >= 11 is 0. The zero-order valence-electron chi connectivity index (χ0n) is 22.7. The number of benzene rings is 2. The second-order valence-corrected chi connectivity index (χ2v) is 9.98. The van der Waals surface area contributed by atoms with Gasteiger partial charge in [0.25, 0.3) is 0 Å². The molecule has 2 aromatic rings. The van der Waals surface area contributed by atoms with E-state index in [1.165, 1.54) is 0 Å². The molecule has 9 heteroatoms. The Bertz CT molecular complexity index is 1060. The molecule has 0 aliphatic carbocycles. The van der Waals surface area contributed by atoms with E-state index in [1.54, 1.807) is 5.48 Å². The highest BCUT2D eigenvalue weighted by Crippen LogP contribution is 2.38. The molecule has 0 aromatic heterocycles. The van der Waals surface area contributed by atoms with Crippen LogP contribution in [0, 0.1) is 0 Å². The molecule has 1 heterocycles. The summed E-state index contributed by atoms with van der Waals surface area (Å²) in [5, 5.41) is 20.9. The lowest BCUT2D eigenvalue weighted by Gasteiger charge is -2.37. The third-order valence-corrected chi connectivity index (χ3v) is 6.70. The van der Waals surface area contributed by atoms with E-state index in [9.17, 15) is 14.7 Å². The van der Waals surface area contributed by atoms with Gasteiger partial charge in [0.05, 0.1) is 18.8 Å². The van der Waals surface area contributed by atoms with Crippen LogP contribution in [-0.4, -0.2) is 53.3 Å². The van der Waals surface area contributed by atoms with Crippen molar-refractivity contribution >= 4 is 17.5 Å². The fourth-order valence-electron chi connectivity index (χ4n) is 4.64. The first-order valence-electron chi connectivity index (χ1n) is 13.5.